The van der Waals surface area contributed by atoms with Crippen LogP contribution in [0.4, 0.5) is 11.4 Å². The first kappa shape index (κ1) is 18.4. The minimum absolute atomic E-state index is 0.191. The van der Waals surface area contributed by atoms with E-state index in [2.05, 4.69) is 15.3 Å². The fraction of sp³-hybridized carbons (Fsp3) is 0. The van der Waals surface area contributed by atoms with Crippen molar-refractivity contribution in [3.05, 3.63) is 70.9 Å². The molecule has 10 nitrogen and oxygen atoms in total. The molecule has 0 unspecified atom stereocenters. The highest BCUT2D eigenvalue weighted by atomic mass is 32.2. The highest BCUT2D eigenvalue weighted by molar-refractivity contribution is 7.90. The van der Waals surface area contributed by atoms with Crippen LogP contribution >= 0.6 is 0 Å². The number of fused-ring (bicyclic) bond motifs is 1. The molecule has 11 heteroatoms. The number of hydrogen-bond donors (Lipinski definition) is 2. The van der Waals surface area contributed by atoms with Gasteiger partial charge in [-0.2, -0.15) is 0 Å². The number of rotatable bonds is 6. The SMILES string of the molecule is O=CNc1cccc2[nH]c(-c3cccn3S(=O)(=O)c3ccccc3[N+](=O)[O-])nc12. The lowest BCUT2D eigenvalue weighted by Gasteiger charge is -2.09. The molecule has 0 spiro atoms. The molecule has 2 aromatic carbocycles. The fourth-order valence-corrected chi connectivity index (χ4v) is 4.53. The maximum absolute atomic E-state index is 13.2. The van der Waals surface area contributed by atoms with Gasteiger partial charge in [-0.1, -0.05) is 18.2 Å². The minimum atomic E-state index is -4.26. The van der Waals surface area contributed by atoms with E-state index in [4.69, 9.17) is 0 Å². The Morgan fingerprint density at radius 2 is 1.90 bits per heavy atom. The van der Waals surface area contributed by atoms with E-state index >= 15 is 0 Å². The highest BCUT2D eigenvalue weighted by Gasteiger charge is 2.29. The highest BCUT2D eigenvalue weighted by Crippen LogP contribution is 2.30. The summed E-state index contributed by atoms with van der Waals surface area (Å²) < 4.78 is 27.2. The molecule has 4 rings (SSSR count). The average Bonchev–Trinajstić information content (AvgIpc) is 3.36. The Hall–Kier alpha value is -3.99. The van der Waals surface area contributed by atoms with E-state index in [1.807, 2.05) is 0 Å². The summed E-state index contributed by atoms with van der Waals surface area (Å²) in [6.45, 7) is 0. The molecular weight excluding hydrogens is 398 g/mol. The molecule has 146 valence electrons. The van der Waals surface area contributed by atoms with Gasteiger partial charge < -0.3 is 10.3 Å². The number of anilines is 1. The number of H-pyrrole nitrogens is 1. The predicted molar refractivity (Wildman–Crippen MR) is 105 cm³/mol. The lowest BCUT2D eigenvalue weighted by atomic mass is 10.3. The first-order chi connectivity index (χ1) is 13.9. The number of amides is 1. The molecule has 0 aliphatic rings. The molecular formula is C18H13N5O5S. The van der Waals surface area contributed by atoms with E-state index in [0.717, 1.165) is 10.0 Å². The summed E-state index contributed by atoms with van der Waals surface area (Å²) in [5.74, 6) is 0.229. The Kier molecular flexibility index (Phi) is 4.35. The minimum Gasteiger partial charge on any atom is -0.337 e. The van der Waals surface area contributed by atoms with E-state index < -0.39 is 25.5 Å². The van der Waals surface area contributed by atoms with Gasteiger partial charge in [0.1, 0.15) is 5.52 Å². The number of benzene rings is 2. The fourth-order valence-electron chi connectivity index (χ4n) is 3.02. The van der Waals surface area contributed by atoms with Crippen molar-refractivity contribution in [2.75, 3.05) is 5.32 Å². The maximum atomic E-state index is 13.2. The van der Waals surface area contributed by atoms with Crippen LogP contribution in [0.2, 0.25) is 0 Å². The van der Waals surface area contributed by atoms with Gasteiger partial charge in [0.15, 0.2) is 10.7 Å². The van der Waals surface area contributed by atoms with Crippen LogP contribution in [0, 0.1) is 10.1 Å². The molecule has 0 aliphatic carbocycles. The number of nitro benzene ring substituents is 1. The molecule has 0 fully saturated rings. The predicted octanol–water partition coefficient (Wildman–Crippen LogP) is 2.74. The molecule has 2 heterocycles. The standard InChI is InChI=1S/C18H13N5O5S/c24-11-19-12-5-3-6-13-17(12)21-18(20-13)15-8-4-10-22(15)29(27,28)16-9-2-1-7-14(16)23(25)26/h1-11H,(H,19,24)(H,20,21). The van der Waals surface area contributed by atoms with Crippen LogP contribution in [0.15, 0.2) is 65.7 Å². The molecule has 0 bridgehead atoms. The molecule has 0 aliphatic heterocycles. The number of hydrogen-bond acceptors (Lipinski definition) is 6. The van der Waals surface area contributed by atoms with E-state index in [1.54, 1.807) is 18.2 Å². The first-order valence-corrected chi connectivity index (χ1v) is 9.73. The Balaban J connectivity index is 1.89. The third-order valence-electron chi connectivity index (χ3n) is 4.28. The Labute approximate surface area is 164 Å². The van der Waals surface area contributed by atoms with Crippen molar-refractivity contribution in [3.63, 3.8) is 0 Å². The lowest BCUT2D eigenvalue weighted by molar-refractivity contribution is -0.387. The number of nitrogens with zero attached hydrogens (tertiary/aromatic N) is 3. The summed E-state index contributed by atoms with van der Waals surface area (Å²) >= 11 is 0. The summed E-state index contributed by atoms with van der Waals surface area (Å²) in [6, 6.07) is 13.2. The van der Waals surface area contributed by atoms with Crippen molar-refractivity contribution >= 4 is 38.8 Å². The number of imidazole rings is 1. The van der Waals surface area contributed by atoms with Crippen LogP contribution in [0.25, 0.3) is 22.6 Å². The zero-order valence-corrected chi connectivity index (χ0v) is 15.5. The molecule has 0 atom stereocenters. The van der Waals surface area contributed by atoms with Crippen LogP contribution in [-0.2, 0) is 14.8 Å². The number of aromatic nitrogens is 3. The second kappa shape index (κ2) is 6.87. The number of carbonyl (C=O) groups excluding carboxylic acids is 1. The molecule has 2 aromatic heterocycles. The first-order valence-electron chi connectivity index (χ1n) is 8.29. The normalized spacial score (nSPS) is 11.4. The second-order valence-corrected chi connectivity index (χ2v) is 7.75. The molecule has 29 heavy (non-hydrogen) atoms. The van der Waals surface area contributed by atoms with Crippen LogP contribution in [0.1, 0.15) is 0 Å². The molecule has 4 aromatic rings. The smallest absolute Gasteiger partial charge is 0.289 e. The number of nitro groups is 1. The molecule has 0 saturated heterocycles. The zero-order valence-electron chi connectivity index (χ0n) is 14.6. The number of aromatic amines is 1. The number of carbonyl (C=O) groups is 1. The summed E-state index contributed by atoms with van der Waals surface area (Å²) in [5, 5.41) is 13.8. The Morgan fingerprint density at radius 3 is 2.66 bits per heavy atom. The maximum Gasteiger partial charge on any atom is 0.289 e. The zero-order chi connectivity index (χ0) is 20.6. The molecule has 2 N–H and O–H groups in total. The second-order valence-electron chi connectivity index (χ2n) is 5.97. The van der Waals surface area contributed by atoms with Gasteiger partial charge in [-0.05, 0) is 30.3 Å². The van der Waals surface area contributed by atoms with E-state index in [-0.39, 0.29) is 11.5 Å². The summed E-state index contributed by atoms with van der Waals surface area (Å²) in [7, 11) is -4.26. The van der Waals surface area contributed by atoms with Gasteiger partial charge in [-0.15, -0.1) is 0 Å². The van der Waals surface area contributed by atoms with Gasteiger partial charge in [0.25, 0.3) is 15.7 Å². The largest absolute Gasteiger partial charge is 0.337 e. The van der Waals surface area contributed by atoms with Gasteiger partial charge >= 0.3 is 0 Å². The van der Waals surface area contributed by atoms with E-state index in [9.17, 15) is 23.3 Å². The van der Waals surface area contributed by atoms with Crippen LogP contribution in [-0.4, -0.2) is 33.7 Å². The van der Waals surface area contributed by atoms with Crippen LogP contribution in [0.5, 0.6) is 0 Å². The van der Waals surface area contributed by atoms with Gasteiger partial charge in [-0.25, -0.2) is 17.4 Å². The summed E-state index contributed by atoms with van der Waals surface area (Å²) in [4.78, 5) is 28.3. The van der Waals surface area contributed by atoms with Gasteiger partial charge in [0.05, 0.1) is 21.8 Å². The van der Waals surface area contributed by atoms with Crippen molar-refractivity contribution in [1.29, 1.82) is 0 Å². The van der Waals surface area contributed by atoms with Crippen molar-refractivity contribution in [1.82, 2.24) is 13.9 Å². The van der Waals surface area contributed by atoms with Crippen molar-refractivity contribution in [3.8, 4) is 11.5 Å². The lowest BCUT2D eigenvalue weighted by Crippen LogP contribution is -2.15. The quantitative estimate of drug-likeness (QED) is 0.284. The summed E-state index contributed by atoms with van der Waals surface area (Å²) in [6.07, 6.45) is 1.81. The third kappa shape index (κ3) is 3.02. The van der Waals surface area contributed by atoms with Crippen molar-refractivity contribution in [2.45, 2.75) is 4.90 Å². The van der Waals surface area contributed by atoms with Gasteiger partial charge in [0.2, 0.25) is 6.41 Å². The number of para-hydroxylation sites is 2. The Morgan fingerprint density at radius 1 is 1.10 bits per heavy atom. The average molecular weight is 411 g/mol. The Bertz CT molecular complexity index is 1360. The van der Waals surface area contributed by atoms with E-state index in [1.165, 1.54) is 36.5 Å². The molecule has 0 radical (unpaired) electrons. The molecule has 1 amide bonds. The summed E-state index contributed by atoms with van der Waals surface area (Å²) in [5.41, 5.74) is 1.17. The topological polar surface area (TPSA) is 140 Å². The monoisotopic (exact) mass is 411 g/mol. The van der Waals surface area contributed by atoms with Crippen LogP contribution in [0.3, 0.4) is 0 Å². The number of nitrogens with one attached hydrogen (secondary N) is 2. The van der Waals surface area contributed by atoms with Gasteiger partial charge in [0, 0.05) is 12.3 Å². The van der Waals surface area contributed by atoms with Crippen molar-refractivity contribution < 1.29 is 18.1 Å². The van der Waals surface area contributed by atoms with Gasteiger partial charge in [-0.3, -0.25) is 14.9 Å². The third-order valence-corrected chi connectivity index (χ3v) is 6.02. The molecule has 0 saturated carbocycles. The van der Waals surface area contributed by atoms with Crippen molar-refractivity contribution in [2.24, 2.45) is 0 Å². The van der Waals surface area contributed by atoms with E-state index in [0.29, 0.717) is 23.1 Å². The van der Waals surface area contributed by atoms with Crippen LogP contribution < -0.4 is 5.32 Å².